The number of halogens is 1. The molecule has 4 amide bonds. The van der Waals surface area contributed by atoms with Crippen molar-refractivity contribution in [1.82, 2.24) is 15.5 Å². The quantitative estimate of drug-likeness (QED) is 0.775. The van der Waals surface area contributed by atoms with Crippen molar-refractivity contribution in [2.75, 3.05) is 13.2 Å². The molecular formula is C21H20FN3O4. The summed E-state index contributed by atoms with van der Waals surface area (Å²) in [6.45, 7) is 1.62. The predicted molar refractivity (Wildman–Crippen MR) is 101 cm³/mol. The molecule has 1 spiro atoms. The molecule has 2 aromatic carbocycles. The molecule has 150 valence electrons. The largest absolute Gasteiger partial charge is 0.493 e. The Kier molecular flexibility index (Phi) is 4.70. The van der Waals surface area contributed by atoms with E-state index >= 15 is 0 Å². The van der Waals surface area contributed by atoms with E-state index < -0.39 is 36.0 Å². The van der Waals surface area contributed by atoms with Crippen LogP contribution in [0.3, 0.4) is 0 Å². The predicted octanol–water partition coefficient (Wildman–Crippen LogP) is 2.23. The summed E-state index contributed by atoms with van der Waals surface area (Å²) >= 11 is 0. The third-order valence-corrected chi connectivity index (χ3v) is 5.31. The van der Waals surface area contributed by atoms with Crippen molar-refractivity contribution in [3.8, 4) is 5.75 Å². The molecule has 8 heteroatoms. The lowest BCUT2D eigenvalue weighted by molar-refractivity contribution is -0.136. The second kappa shape index (κ2) is 7.20. The van der Waals surface area contributed by atoms with Crippen molar-refractivity contribution < 1.29 is 23.5 Å². The number of benzene rings is 2. The molecule has 2 aromatic rings. The van der Waals surface area contributed by atoms with E-state index in [1.165, 1.54) is 12.1 Å². The van der Waals surface area contributed by atoms with Crippen molar-refractivity contribution in [3.63, 3.8) is 0 Å². The van der Waals surface area contributed by atoms with Gasteiger partial charge in [0.1, 0.15) is 18.1 Å². The van der Waals surface area contributed by atoms with E-state index in [-0.39, 0.29) is 12.4 Å². The Morgan fingerprint density at radius 1 is 1.24 bits per heavy atom. The van der Waals surface area contributed by atoms with Crippen LogP contribution in [0.25, 0.3) is 0 Å². The number of carbonyl (C=O) groups is 3. The topological polar surface area (TPSA) is 87.7 Å². The van der Waals surface area contributed by atoms with E-state index in [0.717, 1.165) is 4.90 Å². The van der Waals surface area contributed by atoms with Gasteiger partial charge in [-0.2, -0.15) is 0 Å². The van der Waals surface area contributed by atoms with Gasteiger partial charge in [0.05, 0.1) is 12.6 Å². The Hall–Kier alpha value is -3.42. The summed E-state index contributed by atoms with van der Waals surface area (Å²) in [4.78, 5) is 39.1. The summed E-state index contributed by atoms with van der Waals surface area (Å²) in [6, 6.07) is 11.8. The van der Waals surface area contributed by atoms with Crippen molar-refractivity contribution >= 4 is 17.8 Å². The van der Waals surface area contributed by atoms with Crippen LogP contribution in [0.5, 0.6) is 5.75 Å². The molecule has 0 unspecified atom stereocenters. The SMILES string of the molecule is C[C@@H](NC(=O)CN1C(=O)N[C@@]2(CCOc3ccccc32)C1=O)c1ccc(F)cc1. The molecule has 2 heterocycles. The zero-order valence-electron chi connectivity index (χ0n) is 15.8. The van der Waals surface area contributed by atoms with E-state index in [9.17, 15) is 18.8 Å². The van der Waals surface area contributed by atoms with Gasteiger partial charge in [0.15, 0.2) is 5.54 Å². The maximum absolute atomic E-state index is 13.1. The first-order valence-electron chi connectivity index (χ1n) is 9.32. The second-order valence-electron chi connectivity index (χ2n) is 7.16. The Morgan fingerprint density at radius 3 is 2.72 bits per heavy atom. The van der Waals surface area contributed by atoms with Gasteiger partial charge in [-0.25, -0.2) is 9.18 Å². The van der Waals surface area contributed by atoms with Crippen molar-refractivity contribution in [3.05, 3.63) is 65.5 Å². The van der Waals surface area contributed by atoms with Crippen LogP contribution in [0, 0.1) is 5.82 Å². The number of ether oxygens (including phenoxy) is 1. The summed E-state index contributed by atoms with van der Waals surface area (Å²) in [5.74, 6) is -0.775. The lowest BCUT2D eigenvalue weighted by Crippen LogP contribution is -2.48. The highest BCUT2D eigenvalue weighted by Crippen LogP contribution is 2.40. The minimum Gasteiger partial charge on any atom is -0.493 e. The van der Waals surface area contributed by atoms with Crippen LogP contribution in [0.1, 0.15) is 30.5 Å². The van der Waals surface area contributed by atoms with Crippen LogP contribution in [0.4, 0.5) is 9.18 Å². The number of hydrogen-bond donors (Lipinski definition) is 2. The third kappa shape index (κ3) is 3.30. The summed E-state index contributed by atoms with van der Waals surface area (Å²) in [5, 5.41) is 5.49. The zero-order chi connectivity index (χ0) is 20.6. The fourth-order valence-electron chi connectivity index (χ4n) is 3.78. The van der Waals surface area contributed by atoms with Crippen LogP contribution in [-0.4, -0.2) is 35.9 Å². The zero-order valence-corrected chi connectivity index (χ0v) is 15.8. The molecular weight excluding hydrogens is 377 g/mol. The monoisotopic (exact) mass is 397 g/mol. The fourth-order valence-corrected chi connectivity index (χ4v) is 3.78. The Morgan fingerprint density at radius 2 is 1.97 bits per heavy atom. The minimum absolute atomic E-state index is 0.282. The van der Waals surface area contributed by atoms with Crippen molar-refractivity contribution in [1.29, 1.82) is 0 Å². The summed E-state index contributed by atoms with van der Waals surface area (Å²) in [5.41, 5.74) is 0.0911. The number of urea groups is 1. The van der Waals surface area contributed by atoms with Gasteiger partial charge >= 0.3 is 6.03 Å². The molecule has 0 radical (unpaired) electrons. The minimum atomic E-state index is -1.21. The molecule has 2 aliphatic rings. The molecule has 0 bridgehead atoms. The number of para-hydroxylation sites is 1. The second-order valence-corrected chi connectivity index (χ2v) is 7.16. The molecule has 7 nitrogen and oxygen atoms in total. The Bertz CT molecular complexity index is 978. The molecule has 4 rings (SSSR count). The van der Waals surface area contributed by atoms with E-state index in [1.807, 2.05) is 0 Å². The normalized spacial score (nSPS) is 21.4. The number of nitrogens with one attached hydrogen (secondary N) is 2. The third-order valence-electron chi connectivity index (χ3n) is 5.31. The fraction of sp³-hybridized carbons (Fsp3) is 0.286. The van der Waals surface area contributed by atoms with Gasteiger partial charge in [0.2, 0.25) is 5.91 Å². The highest BCUT2D eigenvalue weighted by molar-refractivity contribution is 6.09. The van der Waals surface area contributed by atoms with Gasteiger partial charge in [-0.15, -0.1) is 0 Å². The summed E-state index contributed by atoms with van der Waals surface area (Å²) in [6.07, 6.45) is 0.290. The smallest absolute Gasteiger partial charge is 0.325 e. The average Bonchev–Trinajstić information content (AvgIpc) is 2.93. The molecule has 2 atom stereocenters. The van der Waals surface area contributed by atoms with E-state index in [1.54, 1.807) is 43.3 Å². The van der Waals surface area contributed by atoms with Gasteiger partial charge in [-0.3, -0.25) is 14.5 Å². The Balaban J connectivity index is 1.49. The van der Waals surface area contributed by atoms with Crippen molar-refractivity contribution in [2.24, 2.45) is 0 Å². The number of amides is 4. The van der Waals surface area contributed by atoms with Gasteiger partial charge in [-0.1, -0.05) is 30.3 Å². The molecule has 1 saturated heterocycles. The summed E-state index contributed by atoms with van der Waals surface area (Å²) in [7, 11) is 0. The highest BCUT2D eigenvalue weighted by atomic mass is 19.1. The molecule has 0 aromatic heterocycles. The molecule has 0 aliphatic carbocycles. The lowest BCUT2D eigenvalue weighted by Gasteiger charge is -2.33. The molecule has 29 heavy (non-hydrogen) atoms. The van der Waals surface area contributed by atoms with Gasteiger partial charge in [0.25, 0.3) is 5.91 Å². The molecule has 2 aliphatic heterocycles. The number of fused-ring (bicyclic) bond motifs is 2. The maximum atomic E-state index is 13.1. The number of hydrogen-bond acceptors (Lipinski definition) is 4. The van der Waals surface area contributed by atoms with Crippen LogP contribution in [-0.2, 0) is 15.1 Å². The van der Waals surface area contributed by atoms with E-state index in [2.05, 4.69) is 10.6 Å². The van der Waals surface area contributed by atoms with Crippen molar-refractivity contribution in [2.45, 2.75) is 24.9 Å². The number of nitrogens with zero attached hydrogens (tertiary/aromatic N) is 1. The number of carbonyl (C=O) groups excluding carboxylic acids is 3. The Labute approximate surface area is 166 Å². The van der Waals surface area contributed by atoms with Crippen LogP contribution in [0.15, 0.2) is 48.5 Å². The van der Waals surface area contributed by atoms with Crippen LogP contribution in [0.2, 0.25) is 0 Å². The molecule has 1 fully saturated rings. The van der Waals surface area contributed by atoms with Crippen LogP contribution < -0.4 is 15.4 Å². The lowest BCUT2D eigenvalue weighted by atomic mass is 9.84. The van der Waals surface area contributed by atoms with E-state index in [0.29, 0.717) is 23.3 Å². The standard InChI is InChI=1S/C21H20FN3O4/c1-13(14-6-8-15(22)9-7-14)23-18(26)12-25-19(27)21(24-20(25)28)10-11-29-17-5-3-2-4-16(17)21/h2-9,13H,10-12H2,1H3,(H,23,26)(H,24,28)/t13-,21-/m1/s1. The summed E-state index contributed by atoms with van der Waals surface area (Å²) < 4.78 is 18.7. The first kappa shape index (κ1) is 18.9. The van der Waals surface area contributed by atoms with Crippen LogP contribution >= 0.6 is 0 Å². The average molecular weight is 397 g/mol. The molecule has 2 N–H and O–H groups in total. The number of rotatable bonds is 4. The number of imide groups is 1. The van der Waals surface area contributed by atoms with E-state index in [4.69, 9.17) is 4.74 Å². The van der Waals surface area contributed by atoms with Gasteiger partial charge < -0.3 is 15.4 Å². The van der Waals surface area contributed by atoms with Gasteiger partial charge in [-0.05, 0) is 30.7 Å². The molecule has 0 saturated carbocycles. The highest BCUT2D eigenvalue weighted by Gasteiger charge is 2.55. The first-order valence-corrected chi connectivity index (χ1v) is 9.32. The van der Waals surface area contributed by atoms with Gasteiger partial charge in [0, 0.05) is 12.0 Å². The maximum Gasteiger partial charge on any atom is 0.325 e. The first-order chi connectivity index (χ1) is 13.9.